The fourth-order valence-electron chi connectivity index (χ4n) is 7.11. The number of likely N-dealkylation sites (tertiary alicyclic amines) is 3. The third-order valence-corrected chi connectivity index (χ3v) is 11.0. The van der Waals surface area contributed by atoms with Crippen molar-refractivity contribution in [3.05, 3.63) is 56.5 Å². The number of benzene rings is 2. The predicted molar refractivity (Wildman–Crippen MR) is 178 cm³/mol. The lowest BCUT2D eigenvalue weighted by molar-refractivity contribution is -0.134. The summed E-state index contributed by atoms with van der Waals surface area (Å²) in [6.45, 7) is 5.32. The summed E-state index contributed by atoms with van der Waals surface area (Å²) >= 11 is 7.04. The number of hydrogen-bond acceptors (Lipinski definition) is 5. The first-order valence-corrected chi connectivity index (χ1v) is 17.3. The molecule has 10 nitrogen and oxygen atoms in total. The molecule has 4 aliphatic rings. The van der Waals surface area contributed by atoms with Gasteiger partial charge in [0.1, 0.15) is 6.04 Å². The normalized spacial score (nSPS) is 20.8. The van der Waals surface area contributed by atoms with Crippen molar-refractivity contribution in [3.8, 4) is 0 Å². The number of anilines is 2. The van der Waals surface area contributed by atoms with Crippen LogP contribution in [0.4, 0.5) is 21.0 Å². The highest BCUT2D eigenvalue weighted by Crippen LogP contribution is 2.31. The molecule has 0 radical (unpaired) electrons. The molecule has 3 saturated heterocycles. The Morgan fingerprint density at radius 3 is 2.20 bits per heavy atom. The zero-order valence-corrected chi connectivity index (χ0v) is 28.1. The first-order chi connectivity index (χ1) is 21.3. The van der Waals surface area contributed by atoms with Crippen LogP contribution in [-0.2, 0) is 17.8 Å². The molecule has 0 unspecified atom stereocenters. The van der Waals surface area contributed by atoms with Gasteiger partial charge in [0.15, 0.2) is 0 Å². The van der Waals surface area contributed by atoms with Gasteiger partial charge in [-0.1, -0.05) is 18.2 Å². The molecule has 4 aliphatic heterocycles. The van der Waals surface area contributed by atoms with Gasteiger partial charge >= 0.3 is 12.1 Å². The van der Waals surface area contributed by atoms with Crippen molar-refractivity contribution in [1.29, 1.82) is 0 Å². The smallest absolute Gasteiger partial charge is 0.322 e. The van der Waals surface area contributed by atoms with Gasteiger partial charge in [-0.15, -0.1) is 0 Å². The van der Waals surface area contributed by atoms with E-state index in [-0.39, 0.29) is 24.0 Å². The monoisotopic (exact) mass is 729 g/mol. The van der Waals surface area contributed by atoms with Gasteiger partial charge in [-0.25, -0.2) is 9.59 Å². The van der Waals surface area contributed by atoms with Gasteiger partial charge in [0.05, 0.1) is 5.69 Å². The van der Waals surface area contributed by atoms with E-state index in [0.29, 0.717) is 63.7 Å². The van der Waals surface area contributed by atoms with E-state index in [1.54, 1.807) is 4.90 Å². The highest BCUT2D eigenvalue weighted by molar-refractivity contribution is 9.11. The Bertz CT molecular complexity index is 1360. The van der Waals surface area contributed by atoms with E-state index in [2.05, 4.69) is 47.4 Å². The number of halogens is 2. The zero-order valence-electron chi connectivity index (χ0n) is 24.9. The number of carbonyl (C=O) groups is 3. The van der Waals surface area contributed by atoms with E-state index >= 15 is 0 Å². The summed E-state index contributed by atoms with van der Waals surface area (Å²) in [7, 11) is 0. The van der Waals surface area contributed by atoms with Crippen molar-refractivity contribution in [1.82, 2.24) is 24.9 Å². The molecule has 12 heteroatoms. The average molecular weight is 732 g/mol. The molecule has 2 aromatic carbocycles. The molecule has 6 rings (SSSR count). The summed E-state index contributed by atoms with van der Waals surface area (Å²) in [6.07, 6.45) is 6.18. The number of amides is 5. The lowest BCUT2D eigenvalue weighted by atomic mass is 10.00. The minimum atomic E-state index is -0.699. The number of rotatable bonds is 6. The standard InChI is InChI=1S/C32H41Br2N7O3/c33-25-17-21(18-26(34)29(25)35)19-28(30(42)39-13-7-23(8-14-39)38-11-3-4-12-38)37-31(43)40-15-9-24(10-16-40)41-20-22-5-1-2-6-27(22)36-32(41)44/h1-2,5-6,17-18,23-24,28H,3-4,7-16,19-20,35H2,(H,36,44)(H,37,43)/t28-/m1/s1. The fraction of sp³-hybridized carbons (Fsp3) is 0.531. The molecule has 0 saturated carbocycles. The number of fused-ring (bicyclic) bond motifs is 1. The SMILES string of the molecule is Nc1c(Br)cc(C[C@@H](NC(=O)N2CCC(N3Cc4ccccc4NC3=O)CC2)C(=O)N2CCC(N3CCCC3)CC2)cc1Br. The van der Waals surface area contributed by atoms with Crippen LogP contribution in [-0.4, -0.2) is 95.0 Å². The summed E-state index contributed by atoms with van der Waals surface area (Å²) in [5.74, 6) is -0.0409. The van der Waals surface area contributed by atoms with Gasteiger partial charge in [-0.2, -0.15) is 0 Å². The summed E-state index contributed by atoms with van der Waals surface area (Å²) in [5, 5.41) is 6.10. The molecule has 0 aliphatic carbocycles. The van der Waals surface area contributed by atoms with Gasteiger partial charge in [-0.05, 0) is 113 Å². The molecule has 5 amide bonds. The topological polar surface area (TPSA) is 114 Å². The van der Waals surface area contributed by atoms with E-state index < -0.39 is 6.04 Å². The molecule has 2 aromatic rings. The van der Waals surface area contributed by atoms with Gasteiger partial charge in [-0.3, -0.25) is 4.79 Å². The maximum absolute atomic E-state index is 14.0. The van der Waals surface area contributed by atoms with E-state index in [1.807, 2.05) is 46.2 Å². The number of piperidine rings is 2. The summed E-state index contributed by atoms with van der Waals surface area (Å²) in [6, 6.07) is 11.3. The Kier molecular flexibility index (Phi) is 9.68. The van der Waals surface area contributed by atoms with E-state index in [4.69, 9.17) is 5.73 Å². The number of hydrogen-bond donors (Lipinski definition) is 3. The number of nitrogens with two attached hydrogens (primary N) is 1. The first-order valence-electron chi connectivity index (χ1n) is 15.7. The summed E-state index contributed by atoms with van der Waals surface area (Å²) < 4.78 is 1.49. The zero-order chi connectivity index (χ0) is 30.8. The lowest BCUT2D eigenvalue weighted by Gasteiger charge is -2.41. The highest BCUT2D eigenvalue weighted by atomic mass is 79.9. The van der Waals surface area contributed by atoms with Crippen molar-refractivity contribution in [2.75, 3.05) is 50.3 Å². The predicted octanol–water partition coefficient (Wildman–Crippen LogP) is 5.01. The number of nitrogens with zero attached hydrogens (tertiary/aromatic N) is 4. The Morgan fingerprint density at radius 1 is 0.909 bits per heavy atom. The van der Waals surface area contributed by atoms with E-state index in [9.17, 15) is 14.4 Å². The Morgan fingerprint density at radius 2 is 1.52 bits per heavy atom. The van der Waals surface area contributed by atoms with E-state index in [0.717, 1.165) is 51.7 Å². The molecule has 0 aromatic heterocycles. The molecule has 4 heterocycles. The van der Waals surface area contributed by atoms with Gasteiger partial charge < -0.3 is 36.0 Å². The number of nitrogens with one attached hydrogen (secondary N) is 2. The quantitative estimate of drug-likeness (QED) is 0.362. The van der Waals surface area contributed by atoms with Crippen molar-refractivity contribution in [3.63, 3.8) is 0 Å². The lowest BCUT2D eigenvalue weighted by Crippen LogP contribution is -2.57. The second-order valence-electron chi connectivity index (χ2n) is 12.4. The van der Waals surface area contributed by atoms with Crippen LogP contribution < -0.4 is 16.4 Å². The summed E-state index contributed by atoms with van der Waals surface area (Å²) in [4.78, 5) is 48.6. The van der Waals surface area contributed by atoms with Crippen LogP contribution in [0.15, 0.2) is 45.3 Å². The number of carbonyl (C=O) groups excluding carboxylic acids is 3. The second kappa shape index (κ2) is 13.7. The minimum Gasteiger partial charge on any atom is -0.397 e. The number of nitrogen functional groups attached to an aromatic ring is 1. The van der Waals surface area contributed by atoms with Crippen LogP contribution in [0.1, 0.15) is 49.7 Å². The van der Waals surface area contributed by atoms with Crippen molar-refractivity contribution >= 4 is 61.2 Å². The van der Waals surface area contributed by atoms with Gasteiger partial charge in [0.25, 0.3) is 0 Å². The molecule has 0 bridgehead atoms. The molecule has 3 fully saturated rings. The van der Waals surface area contributed by atoms with Crippen LogP contribution in [0.5, 0.6) is 0 Å². The molecule has 0 spiro atoms. The van der Waals surface area contributed by atoms with Crippen LogP contribution >= 0.6 is 31.9 Å². The van der Waals surface area contributed by atoms with Gasteiger partial charge in [0.2, 0.25) is 5.91 Å². The van der Waals surface area contributed by atoms with Crippen LogP contribution in [0.3, 0.4) is 0 Å². The van der Waals surface area contributed by atoms with Crippen LogP contribution in [0, 0.1) is 0 Å². The van der Waals surface area contributed by atoms with Crippen molar-refractivity contribution < 1.29 is 14.4 Å². The molecule has 1 atom stereocenters. The Balaban J connectivity index is 1.10. The van der Waals surface area contributed by atoms with Crippen molar-refractivity contribution in [2.24, 2.45) is 0 Å². The molecule has 4 N–H and O–H groups in total. The molecular weight excluding hydrogens is 690 g/mol. The Labute approximate surface area is 275 Å². The van der Waals surface area contributed by atoms with Gasteiger partial charge in [0, 0.05) is 65.9 Å². The maximum atomic E-state index is 14.0. The van der Waals surface area contributed by atoms with Crippen LogP contribution in [0.25, 0.3) is 0 Å². The number of para-hydroxylation sites is 1. The minimum absolute atomic E-state index is 0.0409. The third kappa shape index (κ3) is 6.87. The fourth-order valence-corrected chi connectivity index (χ4v) is 8.39. The largest absolute Gasteiger partial charge is 0.397 e. The maximum Gasteiger partial charge on any atom is 0.322 e. The Hall–Kier alpha value is -2.83. The molecule has 44 heavy (non-hydrogen) atoms. The van der Waals surface area contributed by atoms with E-state index in [1.165, 1.54) is 12.8 Å². The second-order valence-corrected chi connectivity index (χ2v) is 14.1. The average Bonchev–Trinajstić information content (AvgIpc) is 3.58. The molecular formula is C32H41Br2N7O3. The summed E-state index contributed by atoms with van der Waals surface area (Å²) in [5.41, 5.74) is 9.58. The third-order valence-electron chi connectivity index (χ3n) is 9.66. The number of urea groups is 2. The highest BCUT2D eigenvalue weighted by Gasteiger charge is 2.36. The van der Waals surface area contributed by atoms with Crippen LogP contribution in [0.2, 0.25) is 0 Å². The first kappa shape index (κ1) is 31.2. The molecule has 236 valence electrons. The van der Waals surface area contributed by atoms with Crippen molar-refractivity contribution in [2.45, 2.75) is 69.6 Å².